The Balaban J connectivity index is 2.40. The third-order valence-corrected chi connectivity index (χ3v) is 3.26. The van der Waals surface area contributed by atoms with E-state index in [1.54, 1.807) is 6.92 Å². The molecular weight excluding hydrogens is 254 g/mol. The summed E-state index contributed by atoms with van der Waals surface area (Å²) in [4.78, 5) is 16.1. The first-order valence-electron chi connectivity index (χ1n) is 6.62. The molecule has 2 N–H and O–H groups in total. The molecule has 0 aliphatic heterocycles. The van der Waals surface area contributed by atoms with E-state index in [4.69, 9.17) is 10.5 Å². The van der Waals surface area contributed by atoms with Crippen LogP contribution in [0, 0.1) is 6.92 Å². The number of anilines is 1. The largest absolute Gasteiger partial charge is 0.461 e. The quantitative estimate of drug-likeness (QED) is 0.869. The summed E-state index contributed by atoms with van der Waals surface area (Å²) in [6, 6.07) is 9.96. The maximum absolute atomic E-state index is 11.8. The molecule has 0 saturated heterocycles. The average Bonchev–Trinajstić information content (AvgIpc) is 2.75. The van der Waals surface area contributed by atoms with Crippen LogP contribution in [0.1, 0.15) is 41.8 Å². The van der Waals surface area contributed by atoms with Gasteiger partial charge in [-0.15, -0.1) is 0 Å². The number of hydrogen-bond donors (Lipinski definition) is 1. The van der Waals surface area contributed by atoms with Crippen molar-refractivity contribution in [1.82, 2.24) is 9.55 Å². The summed E-state index contributed by atoms with van der Waals surface area (Å²) < 4.78 is 6.82. The van der Waals surface area contributed by atoms with Crippen molar-refractivity contribution in [3.05, 3.63) is 47.4 Å². The molecule has 1 heterocycles. The molecule has 0 amide bonds. The van der Waals surface area contributed by atoms with Gasteiger partial charge in [-0.1, -0.05) is 30.3 Å². The van der Waals surface area contributed by atoms with Crippen molar-refractivity contribution in [2.75, 3.05) is 12.3 Å². The Bertz CT molecular complexity index is 605. The molecule has 1 unspecified atom stereocenters. The van der Waals surface area contributed by atoms with Crippen LogP contribution in [0.2, 0.25) is 0 Å². The van der Waals surface area contributed by atoms with Crippen LogP contribution in [-0.4, -0.2) is 22.1 Å². The van der Waals surface area contributed by atoms with E-state index in [-0.39, 0.29) is 11.7 Å². The van der Waals surface area contributed by atoms with Crippen molar-refractivity contribution in [1.29, 1.82) is 0 Å². The van der Waals surface area contributed by atoms with Crippen LogP contribution in [-0.2, 0) is 4.74 Å². The minimum absolute atomic E-state index is 0.00637. The predicted octanol–water partition coefficient (Wildman–Crippen LogP) is 2.56. The maximum atomic E-state index is 11.8. The highest BCUT2D eigenvalue weighted by molar-refractivity contribution is 5.92. The van der Waals surface area contributed by atoms with Crippen molar-refractivity contribution in [2.24, 2.45) is 0 Å². The average molecular weight is 273 g/mol. The van der Waals surface area contributed by atoms with Crippen LogP contribution in [0.15, 0.2) is 30.3 Å². The van der Waals surface area contributed by atoms with Gasteiger partial charge in [0.25, 0.3) is 0 Å². The number of aryl methyl sites for hydroxylation is 1. The highest BCUT2D eigenvalue weighted by Gasteiger charge is 2.22. The fourth-order valence-electron chi connectivity index (χ4n) is 2.28. The summed E-state index contributed by atoms with van der Waals surface area (Å²) in [7, 11) is 0. The second-order valence-electron chi connectivity index (χ2n) is 4.57. The number of carbonyl (C=O) groups excluding carboxylic acids is 1. The second-order valence-corrected chi connectivity index (χ2v) is 4.57. The van der Waals surface area contributed by atoms with E-state index in [0.717, 1.165) is 5.56 Å². The molecule has 0 fully saturated rings. The summed E-state index contributed by atoms with van der Waals surface area (Å²) in [5, 5.41) is 0. The van der Waals surface area contributed by atoms with Gasteiger partial charge in [0.1, 0.15) is 11.6 Å². The molecule has 2 aromatic rings. The monoisotopic (exact) mass is 273 g/mol. The number of nitrogens with two attached hydrogens (primary N) is 1. The zero-order chi connectivity index (χ0) is 14.7. The van der Waals surface area contributed by atoms with Crippen molar-refractivity contribution < 1.29 is 9.53 Å². The van der Waals surface area contributed by atoms with Crippen molar-refractivity contribution in [3.8, 4) is 0 Å². The zero-order valence-electron chi connectivity index (χ0n) is 12.0. The van der Waals surface area contributed by atoms with Gasteiger partial charge < -0.3 is 15.0 Å². The van der Waals surface area contributed by atoms with Crippen LogP contribution in [0.5, 0.6) is 0 Å². The van der Waals surface area contributed by atoms with Gasteiger partial charge in [0, 0.05) is 0 Å². The summed E-state index contributed by atoms with van der Waals surface area (Å²) in [5.41, 5.74) is 7.37. The third-order valence-electron chi connectivity index (χ3n) is 3.26. The molecule has 5 heteroatoms. The third kappa shape index (κ3) is 2.52. The number of carbonyl (C=O) groups is 1. The fraction of sp³-hybridized carbons (Fsp3) is 0.333. The van der Waals surface area contributed by atoms with Crippen LogP contribution in [0.25, 0.3) is 0 Å². The van der Waals surface area contributed by atoms with Crippen LogP contribution in [0.3, 0.4) is 0 Å². The van der Waals surface area contributed by atoms with E-state index in [9.17, 15) is 4.79 Å². The molecule has 106 valence electrons. The van der Waals surface area contributed by atoms with Crippen LogP contribution >= 0.6 is 0 Å². The normalized spacial score (nSPS) is 12.2. The molecule has 0 aliphatic rings. The molecule has 0 radical (unpaired) electrons. The van der Waals surface area contributed by atoms with Crippen LogP contribution in [0.4, 0.5) is 5.82 Å². The van der Waals surface area contributed by atoms with E-state index in [1.165, 1.54) is 0 Å². The van der Waals surface area contributed by atoms with Crippen molar-refractivity contribution in [3.63, 3.8) is 0 Å². The molecule has 5 nitrogen and oxygen atoms in total. The van der Waals surface area contributed by atoms with E-state index in [0.29, 0.717) is 18.2 Å². The maximum Gasteiger partial charge on any atom is 0.360 e. The topological polar surface area (TPSA) is 70.1 Å². The van der Waals surface area contributed by atoms with E-state index >= 15 is 0 Å². The van der Waals surface area contributed by atoms with Gasteiger partial charge in [-0.2, -0.15) is 0 Å². The molecule has 0 bridgehead atoms. The Morgan fingerprint density at radius 2 is 2.05 bits per heavy atom. The number of aromatic nitrogens is 2. The molecule has 0 spiro atoms. The standard InChI is InChI=1S/C15H19N3O2/c1-4-20-15(19)13-14(16)18(11(3)17-13)10(2)12-8-6-5-7-9-12/h5-10H,4,16H2,1-3H3. The fourth-order valence-corrected chi connectivity index (χ4v) is 2.28. The predicted molar refractivity (Wildman–Crippen MR) is 77.6 cm³/mol. The molecule has 1 atom stereocenters. The lowest BCUT2D eigenvalue weighted by Crippen LogP contribution is -2.13. The van der Waals surface area contributed by atoms with Gasteiger partial charge in [-0.25, -0.2) is 9.78 Å². The first kappa shape index (κ1) is 14.1. The second kappa shape index (κ2) is 5.77. The van der Waals surface area contributed by atoms with Gasteiger partial charge in [0.15, 0.2) is 5.69 Å². The number of nitrogens with zero attached hydrogens (tertiary/aromatic N) is 2. The Hall–Kier alpha value is -2.30. The molecule has 2 rings (SSSR count). The van der Waals surface area contributed by atoms with Gasteiger partial charge in [-0.3, -0.25) is 0 Å². The Morgan fingerprint density at radius 3 is 2.65 bits per heavy atom. The van der Waals surface area contributed by atoms with Gasteiger partial charge >= 0.3 is 5.97 Å². The highest BCUT2D eigenvalue weighted by Crippen LogP contribution is 2.25. The summed E-state index contributed by atoms with van der Waals surface area (Å²) in [5.74, 6) is 0.561. The Morgan fingerprint density at radius 1 is 1.40 bits per heavy atom. The SMILES string of the molecule is CCOC(=O)c1nc(C)n(C(C)c2ccccc2)c1N. The zero-order valence-corrected chi connectivity index (χ0v) is 12.0. The number of nitrogen functional groups attached to an aromatic ring is 1. The number of rotatable bonds is 4. The van der Waals surface area contributed by atoms with Crippen molar-refractivity contribution in [2.45, 2.75) is 26.8 Å². The van der Waals surface area contributed by atoms with Gasteiger partial charge in [0.05, 0.1) is 12.6 Å². The number of hydrogen-bond acceptors (Lipinski definition) is 4. The Labute approximate surface area is 118 Å². The minimum atomic E-state index is -0.480. The first-order valence-corrected chi connectivity index (χ1v) is 6.62. The number of benzene rings is 1. The number of imidazole rings is 1. The van der Waals surface area contributed by atoms with E-state index in [1.807, 2.05) is 48.7 Å². The summed E-state index contributed by atoms with van der Waals surface area (Å²) in [6.45, 7) is 5.91. The lowest BCUT2D eigenvalue weighted by Gasteiger charge is -2.17. The molecular formula is C15H19N3O2. The number of esters is 1. The van der Waals surface area contributed by atoms with Crippen LogP contribution < -0.4 is 5.73 Å². The Kier molecular flexibility index (Phi) is 4.08. The summed E-state index contributed by atoms with van der Waals surface area (Å²) >= 11 is 0. The smallest absolute Gasteiger partial charge is 0.360 e. The minimum Gasteiger partial charge on any atom is -0.461 e. The van der Waals surface area contributed by atoms with Gasteiger partial charge in [0.2, 0.25) is 0 Å². The highest BCUT2D eigenvalue weighted by atomic mass is 16.5. The molecule has 0 aliphatic carbocycles. The molecule has 1 aromatic carbocycles. The lowest BCUT2D eigenvalue weighted by atomic mass is 10.1. The van der Waals surface area contributed by atoms with E-state index in [2.05, 4.69) is 4.98 Å². The van der Waals surface area contributed by atoms with E-state index < -0.39 is 5.97 Å². The van der Waals surface area contributed by atoms with Crippen molar-refractivity contribution >= 4 is 11.8 Å². The first-order chi connectivity index (χ1) is 9.56. The summed E-state index contributed by atoms with van der Waals surface area (Å²) in [6.07, 6.45) is 0. The molecule has 0 saturated carbocycles. The number of ether oxygens (including phenoxy) is 1. The lowest BCUT2D eigenvalue weighted by molar-refractivity contribution is 0.0521. The van der Waals surface area contributed by atoms with Gasteiger partial charge in [-0.05, 0) is 26.3 Å². The molecule has 1 aromatic heterocycles. The molecule has 20 heavy (non-hydrogen) atoms.